The second-order valence-corrected chi connectivity index (χ2v) is 5.54. The second-order valence-electron chi connectivity index (χ2n) is 5.28. The molecule has 1 aromatic rings. The summed E-state index contributed by atoms with van der Waals surface area (Å²) in [5.74, 6) is -1.11. The molecule has 1 unspecified atom stereocenters. The van der Waals surface area contributed by atoms with Gasteiger partial charge in [0.05, 0.1) is 11.5 Å². The molecule has 0 aliphatic rings. The fraction of sp³-hybridized carbons (Fsp3) is 0.500. The van der Waals surface area contributed by atoms with Crippen molar-refractivity contribution < 1.29 is 13.6 Å². The van der Waals surface area contributed by atoms with E-state index in [1.165, 1.54) is 4.90 Å². The minimum Gasteiger partial charge on any atom is -0.338 e. The van der Waals surface area contributed by atoms with E-state index in [2.05, 4.69) is 0 Å². The largest absolute Gasteiger partial charge is 0.338 e. The Kier molecular flexibility index (Phi) is 4.91. The van der Waals surface area contributed by atoms with Crippen LogP contribution in [0.5, 0.6) is 0 Å². The Hall–Kier alpha value is -1.16. The zero-order chi connectivity index (χ0) is 14.8. The van der Waals surface area contributed by atoms with Gasteiger partial charge in [0.15, 0.2) is 0 Å². The van der Waals surface area contributed by atoms with Gasteiger partial charge in [-0.2, -0.15) is 0 Å². The molecule has 0 saturated heterocycles. The number of alkyl halides is 1. The van der Waals surface area contributed by atoms with Crippen molar-refractivity contribution in [3.05, 3.63) is 35.4 Å². The first-order valence-electron chi connectivity index (χ1n) is 5.99. The smallest absolute Gasteiger partial charge is 0.229 e. The molecule has 1 amide bonds. The number of halogens is 3. The molecule has 19 heavy (non-hydrogen) atoms. The van der Waals surface area contributed by atoms with Gasteiger partial charge in [0.1, 0.15) is 11.6 Å². The van der Waals surface area contributed by atoms with E-state index in [0.29, 0.717) is 0 Å². The Morgan fingerprint density at radius 3 is 2.53 bits per heavy atom. The van der Waals surface area contributed by atoms with E-state index < -0.39 is 23.1 Å². The van der Waals surface area contributed by atoms with E-state index >= 15 is 0 Å². The van der Waals surface area contributed by atoms with Crippen molar-refractivity contribution in [1.29, 1.82) is 0 Å². The fourth-order valence-corrected chi connectivity index (χ4v) is 1.87. The first-order valence-corrected chi connectivity index (χ1v) is 6.52. The summed E-state index contributed by atoms with van der Waals surface area (Å²) in [5.41, 5.74) is -0.588. The van der Waals surface area contributed by atoms with Gasteiger partial charge in [0.2, 0.25) is 5.91 Å². The molecule has 0 radical (unpaired) electrons. The molecule has 0 aliphatic heterocycles. The summed E-state index contributed by atoms with van der Waals surface area (Å²) in [7, 11) is 1.56. The molecule has 0 saturated carbocycles. The van der Waals surface area contributed by atoms with Crippen LogP contribution in [0.25, 0.3) is 0 Å². The molecular weight excluding hydrogens is 272 g/mol. The third-order valence-electron chi connectivity index (χ3n) is 3.22. The highest BCUT2D eigenvalue weighted by Gasteiger charge is 2.32. The molecule has 1 rings (SSSR count). The summed E-state index contributed by atoms with van der Waals surface area (Å²) in [4.78, 5) is 13.6. The highest BCUT2D eigenvalue weighted by molar-refractivity contribution is 6.19. The number of carbonyl (C=O) groups is 1. The molecule has 0 N–H and O–H groups in total. The van der Waals surface area contributed by atoms with Gasteiger partial charge in [0, 0.05) is 18.5 Å². The molecule has 0 heterocycles. The van der Waals surface area contributed by atoms with Crippen LogP contribution in [0.2, 0.25) is 0 Å². The molecule has 0 aliphatic carbocycles. The quantitative estimate of drug-likeness (QED) is 0.773. The van der Waals surface area contributed by atoms with Crippen LogP contribution in [-0.4, -0.2) is 23.7 Å². The Bertz CT molecular complexity index is 477. The van der Waals surface area contributed by atoms with Gasteiger partial charge in [-0.05, 0) is 39.0 Å². The van der Waals surface area contributed by atoms with Crippen LogP contribution in [0.1, 0.15) is 32.4 Å². The summed E-state index contributed by atoms with van der Waals surface area (Å²) in [6.07, 6.45) is 0. The average Bonchev–Trinajstić information content (AvgIpc) is 2.38. The van der Waals surface area contributed by atoms with Crippen LogP contribution in [0.4, 0.5) is 8.78 Å². The maximum Gasteiger partial charge on any atom is 0.229 e. The molecule has 106 valence electrons. The number of nitrogens with zero attached hydrogens (tertiary/aromatic N) is 1. The summed E-state index contributed by atoms with van der Waals surface area (Å²) < 4.78 is 26.9. The molecule has 5 heteroatoms. The first kappa shape index (κ1) is 15.9. The van der Waals surface area contributed by atoms with Gasteiger partial charge in [0.25, 0.3) is 0 Å². The number of amides is 1. The predicted molar refractivity (Wildman–Crippen MR) is 72.0 cm³/mol. The Morgan fingerprint density at radius 2 is 2.00 bits per heavy atom. The van der Waals surface area contributed by atoms with E-state index in [4.69, 9.17) is 11.6 Å². The minimum absolute atomic E-state index is 0.154. The van der Waals surface area contributed by atoms with Gasteiger partial charge in [-0.15, -0.1) is 11.6 Å². The van der Waals surface area contributed by atoms with Gasteiger partial charge in [-0.3, -0.25) is 4.79 Å². The van der Waals surface area contributed by atoms with Gasteiger partial charge < -0.3 is 4.90 Å². The second kappa shape index (κ2) is 5.87. The summed E-state index contributed by atoms with van der Waals surface area (Å²) in [6, 6.07) is 2.66. The van der Waals surface area contributed by atoms with Crippen molar-refractivity contribution in [2.75, 3.05) is 12.9 Å². The molecular formula is C14H18ClF2NO. The van der Waals surface area contributed by atoms with E-state index in [1.54, 1.807) is 27.8 Å². The van der Waals surface area contributed by atoms with Crippen molar-refractivity contribution in [1.82, 2.24) is 4.90 Å². The molecule has 1 atom stereocenters. The molecule has 0 spiro atoms. The predicted octanol–water partition coefficient (Wildman–Crippen LogP) is 3.75. The Balaban J connectivity index is 3.03. The van der Waals surface area contributed by atoms with E-state index in [-0.39, 0.29) is 17.4 Å². The highest BCUT2D eigenvalue weighted by atomic mass is 35.5. The van der Waals surface area contributed by atoms with Crippen LogP contribution in [0, 0.1) is 17.0 Å². The molecule has 2 nitrogen and oxygen atoms in total. The van der Waals surface area contributed by atoms with Crippen molar-refractivity contribution >= 4 is 17.5 Å². The number of carbonyl (C=O) groups excluding carboxylic acids is 1. The topological polar surface area (TPSA) is 20.3 Å². The van der Waals surface area contributed by atoms with Crippen LogP contribution in [0.3, 0.4) is 0 Å². The fourth-order valence-electron chi connectivity index (χ4n) is 1.75. The van der Waals surface area contributed by atoms with Gasteiger partial charge in [-0.25, -0.2) is 8.78 Å². The minimum atomic E-state index is -0.742. The maximum atomic E-state index is 13.7. The van der Waals surface area contributed by atoms with Gasteiger partial charge >= 0.3 is 0 Å². The van der Waals surface area contributed by atoms with Crippen molar-refractivity contribution in [3.63, 3.8) is 0 Å². The molecule has 1 aromatic carbocycles. The van der Waals surface area contributed by atoms with E-state index in [1.807, 2.05) is 0 Å². The number of benzene rings is 1. The van der Waals surface area contributed by atoms with Gasteiger partial charge in [-0.1, -0.05) is 0 Å². The third-order valence-corrected chi connectivity index (χ3v) is 3.89. The van der Waals surface area contributed by atoms with E-state index in [0.717, 1.165) is 18.2 Å². The lowest BCUT2D eigenvalue weighted by Gasteiger charge is -2.32. The van der Waals surface area contributed by atoms with Crippen LogP contribution in [0.15, 0.2) is 18.2 Å². The normalized spacial score (nSPS) is 13.2. The number of hydrogen-bond acceptors (Lipinski definition) is 1. The summed E-state index contributed by atoms with van der Waals surface area (Å²) >= 11 is 5.76. The number of rotatable bonds is 4. The summed E-state index contributed by atoms with van der Waals surface area (Å²) in [6.45, 7) is 5.08. The zero-order valence-electron chi connectivity index (χ0n) is 11.5. The Morgan fingerprint density at radius 1 is 1.42 bits per heavy atom. The molecule has 0 aromatic heterocycles. The monoisotopic (exact) mass is 289 g/mol. The average molecular weight is 290 g/mol. The molecule has 0 bridgehead atoms. The van der Waals surface area contributed by atoms with Crippen LogP contribution >= 0.6 is 11.6 Å². The lowest BCUT2D eigenvalue weighted by molar-refractivity contribution is -0.139. The lowest BCUT2D eigenvalue weighted by Crippen LogP contribution is -2.41. The van der Waals surface area contributed by atoms with Crippen molar-refractivity contribution in [2.45, 2.75) is 26.8 Å². The van der Waals surface area contributed by atoms with Crippen molar-refractivity contribution in [2.24, 2.45) is 5.41 Å². The number of hydrogen-bond donors (Lipinski definition) is 0. The first-order chi connectivity index (χ1) is 8.70. The van der Waals surface area contributed by atoms with E-state index in [9.17, 15) is 13.6 Å². The van der Waals surface area contributed by atoms with Crippen LogP contribution in [-0.2, 0) is 4.79 Å². The van der Waals surface area contributed by atoms with Crippen molar-refractivity contribution in [3.8, 4) is 0 Å². The maximum absolute atomic E-state index is 13.7. The SMILES string of the molecule is CC(c1cc(F)ccc1F)N(C)C(=O)C(C)(C)CCl. The summed E-state index contributed by atoms with van der Waals surface area (Å²) in [5, 5.41) is 0. The Labute approximate surface area is 117 Å². The molecule has 0 fully saturated rings. The highest BCUT2D eigenvalue weighted by Crippen LogP contribution is 2.28. The third kappa shape index (κ3) is 3.44. The standard InChI is InChI=1S/C14H18ClF2NO/c1-9(11-7-10(16)5-6-12(11)17)18(4)13(19)14(2,3)8-15/h5-7,9H,8H2,1-4H3. The zero-order valence-corrected chi connectivity index (χ0v) is 12.3. The van der Waals surface area contributed by atoms with Crippen LogP contribution < -0.4 is 0 Å². The lowest BCUT2D eigenvalue weighted by atomic mass is 9.93.